The fraction of sp³-hybridized carbons (Fsp3) is 0.379. The van der Waals surface area contributed by atoms with Crippen LogP contribution in [0.5, 0.6) is 0 Å². The van der Waals surface area contributed by atoms with Gasteiger partial charge in [0.1, 0.15) is 5.82 Å². The van der Waals surface area contributed by atoms with Gasteiger partial charge < -0.3 is 10.1 Å². The Hall–Kier alpha value is -3.13. The van der Waals surface area contributed by atoms with E-state index in [9.17, 15) is 9.18 Å². The molecule has 0 spiro atoms. The molecule has 188 valence electrons. The van der Waals surface area contributed by atoms with Crippen LogP contribution >= 0.6 is 0 Å². The average molecular weight is 489 g/mol. The summed E-state index contributed by atoms with van der Waals surface area (Å²) in [4.78, 5) is 22.0. The lowest BCUT2D eigenvalue weighted by Crippen LogP contribution is -2.44. The van der Waals surface area contributed by atoms with E-state index in [-0.39, 0.29) is 17.8 Å². The third-order valence-corrected chi connectivity index (χ3v) is 7.01. The van der Waals surface area contributed by atoms with E-state index in [4.69, 9.17) is 4.74 Å². The Balaban J connectivity index is 1.07. The molecule has 1 N–H and O–H groups in total. The van der Waals surface area contributed by atoms with Crippen LogP contribution in [0.1, 0.15) is 34.3 Å². The van der Waals surface area contributed by atoms with Crippen LogP contribution in [0.25, 0.3) is 11.3 Å². The summed E-state index contributed by atoms with van der Waals surface area (Å²) in [5.41, 5.74) is 4.54. The number of likely N-dealkylation sites (tertiary alicyclic amines) is 1. The number of aromatic nitrogens is 1. The number of halogens is 1. The molecule has 2 saturated heterocycles. The molecule has 36 heavy (non-hydrogen) atoms. The van der Waals surface area contributed by atoms with Gasteiger partial charge in [-0.15, -0.1) is 0 Å². The summed E-state index contributed by atoms with van der Waals surface area (Å²) in [5, 5.41) is 3.15. The lowest BCUT2D eigenvalue weighted by molar-refractivity contribution is 0.0342. The quantitative estimate of drug-likeness (QED) is 0.542. The number of hydrogen-bond donors (Lipinski definition) is 1. The van der Waals surface area contributed by atoms with Crippen molar-refractivity contribution in [3.8, 4) is 11.3 Å². The van der Waals surface area contributed by atoms with Crippen molar-refractivity contribution in [2.24, 2.45) is 0 Å². The van der Waals surface area contributed by atoms with Crippen LogP contribution in [0.4, 0.5) is 4.39 Å². The summed E-state index contributed by atoms with van der Waals surface area (Å²) < 4.78 is 18.9. The van der Waals surface area contributed by atoms with Crippen molar-refractivity contribution in [3.63, 3.8) is 0 Å². The Kier molecular flexibility index (Phi) is 8.01. The molecule has 2 fully saturated rings. The van der Waals surface area contributed by atoms with Crippen molar-refractivity contribution in [2.75, 3.05) is 39.4 Å². The second kappa shape index (κ2) is 11.7. The number of benzene rings is 2. The number of ether oxygens (including phenoxy) is 1. The Bertz CT molecular complexity index is 1140. The molecule has 3 aromatic rings. The van der Waals surface area contributed by atoms with E-state index in [0.29, 0.717) is 16.8 Å². The van der Waals surface area contributed by atoms with E-state index >= 15 is 0 Å². The maximum atomic E-state index is 13.5. The molecular formula is C29H33FN4O2. The standard InChI is InChI=1S/C29H33FN4O2/c30-26-3-1-2-24(18-26)28-9-8-25(19-31-28)29(35)32-27-10-12-33(13-11-27)20-22-4-6-23(7-5-22)21-34-14-16-36-17-15-34/h1-9,18-19,27H,10-17,20-21H2,(H,32,35). The van der Waals surface area contributed by atoms with Crippen LogP contribution in [0.2, 0.25) is 0 Å². The smallest absolute Gasteiger partial charge is 0.253 e. The van der Waals surface area contributed by atoms with Crippen LogP contribution in [0.15, 0.2) is 66.9 Å². The SMILES string of the molecule is O=C(NC1CCN(Cc2ccc(CN3CCOCC3)cc2)CC1)c1ccc(-c2cccc(F)c2)nc1. The van der Waals surface area contributed by atoms with E-state index in [0.717, 1.165) is 65.3 Å². The maximum absolute atomic E-state index is 13.5. The number of amides is 1. The van der Waals surface area contributed by atoms with Gasteiger partial charge in [0.2, 0.25) is 0 Å². The van der Waals surface area contributed by atoms with Crippen LogP contribution in [0, 0.1) is 5.82 Å². The Morgan fingerprint density at radius 2 is 1.58 bits per heavy atom. The van der Waals surface area contributed by atoms with Crippen molar-refractivity contribution in [3.05, 3.63) is 89.4 Å². The van der Waals surface area contributed by atoms with Gasteiger partial charge in [-0.2, -0.15) is 0 Å². The molecule has 0 saturated carbocycles. The van der Waals surface area contributed by atoms with Gasteiger partial charge in [0, 0.05) is 57.1 Å². The van der Waals surface area contributed by atoms with E-state index < -0.39 is 0 Å². The minimum Gasteiger partial charge on any atom is -0.379 e. The summed E-state index contributed by atoms with van der Waals surface area (Å²) in [7, 11) is 0. The predicted molar refractivity (Wildman–Crippen MR) is 138 cm³/mol. The number of pyridine rings is 1. The number of carbonyl (C=O) groups is 1. The molecule has 1 amide bonds. The first-order valence-corrected chi connectivity index (χ1v) is 12.8. The zero-order valence-electron chi connectivity index (χ0n) is 20.5. The summed E-state index contributed by atoms with van der Waals surface area (Å²) >= 11 is 0. The van der Waals surface area contributed by atoms with Crippen LogP contribution < -0.4 is 5.32 Å². The number of carbonyl (C=O) groups excluding carboxylic acids is 1. The van der Waals surface area contributed by atoms with Crippen molar-refractivity contribution in [1.82, 2.24) is 20.1 Å². The minimum atomic E-state index is -0.303. The molecule has 2 aromatic carbocycles. The molecule has 3 heterocycles. The van der Waals surface area contributed by atoms with Gasteiger partial charge in [0.25, 0.3) is 5.91 Å². The van der Waals surface area contributed by atoms with Crippen molar-refractivity contribution in [2.45, 2.75) is 32.0 Å². The number of nitrogens with zero attached hydrogens (tertiary/aromatic N) is 3. The second-order valence-electron chi connectivity index (χ2n) is 9.67. The average Bonchev–Trinajstić information content (AvgIpc) is 2.92. The molecule has 7 heteroatoms. The van der Waals surface area contributed by atoms with Crippen LogP contribution in [-0.4, -0.2) is 66.1 Å². The molecular weight excluding hydrogens is 455 g/mol. The van der Waals surface area contributed by atoms with Gasteiger partial charge in [-0.3, -0.25) is 19.6 Å². The zero-order valence-corrected chi connectivity index (χ0v) is 20.5. The maximum Gasteiger partial charge on any atom is 0.253 e. The number of nitrogens with one attached hydrogen (secondary N) is 1. The highest BCUT2D eigenvalue weighted by Crippen LogP contribution is 2.19. The van der Waals surface area contributed by atoms with Gasteiger partial charge in [0.15, 0.2) is 0 Å². The number of piperidine rings is 1. The number of hydrogen-bond acceptors (Lipinski definition) is 5. The fourth-order valence-corrected chi connectivity index (χ4v) is 4.88. The first-order valence-electron chi connectivity index (χ1n) is 12.8. The molecule has 6 nitrogen and oxygen atoms in total. The fourth-order valence-electron chi connectivity index (χ4n) is 4.88. The monoisotopic (exact) mass is 488 g/mol. The van der Waals surface area contributed by atoms with Crippen LogP contribution in [-0.2, 0) is 17.8 Å². The third-order valence-electron chi connectivity index (χ3n) is 7.01. The summed E-state index contributed by atoms with van der Waals surface area (Å²) in [6, 6.07) is 18.9. The third kappa shape index (κ3) is 6.55. The van der Waals surface area contributed by atoms with Crippen molar-refractivity contribution >= 4 is 5.91 Å². The largest absolute Gasteiger partial charge is 0.379 e. The number of rotatable bonds is 7. The van der Waals surface area contributed by atoms with Gasteiger partial charge >= 0.3 is 0 Å². The minimum absolute atomic E-state index is 0.109. The molecule has 1 aromatic heterocycles. The second-order valence-corrected chi connectivity index (χ2v) is 9.67. The Labute approximate surface area is 212 Å². The van der Waals surface area contributed by atoms with Crippen LogP contribution in [0.3, 0.4) is 0 Å². The van der Waals surface area contributed by atoms with E-state index in [1.165, 1.54) is 23.3 Å². The zero-order chi connectivity index (χ0) is 24.7. The summed E-state index contributed by atoms with van der Waals surface area (Å²) in [6.45, 7) is 7.49. The lowest BCUT2D eigenvalue weighted by Gasteiger charge is -2.32. The molecule has 0 atom stereocenters. The molecule has 0 aliphatic carbocycles. The highest BCUT2D eigenvalue weighted by molar-refractivity contribution is 5.94. The molecule has 2 aliphatic rings. The van der Waals surface area contributed by atoms with Crippen molar-refractivity contribution < 1.29 is 13.9 Å². The molecule has 0 radical (unpaired) electrons. The van der Waals surface area contributed by atoms with Gasteiger partial charge in [-0.25, -0.2) is 4.39 Å². The Morgan fingerprint density at radius 3 is 2.19 bits per heavy atom. The topological polar surface area (TPSA) is 57.7 Å². The van der Waals surface area contributed by atoms with Gasteiger partial charge in [0.05, 0.1) is 24.5 Å². The van der Waals surface area contributed by atoms with Gasteiger partial charge in [-0.1, -0.05) is 36.4 Å². The first-order chi connectivity index (χ1) is 17.6. The predicted octanol–water partition coefficient (Wildman–Crippen LogP) is 4.11. The number of morpholine rings is 1. The van der Waals surface area contributed by atoms with Gasteiger partial charge in [-0.05, 0) is 48.2 Å². The first kappa shape index (κ1) is 24.6. The Morgan fingerprint density at radius 1 is 0.917 bits per heavy atom. The molecule has 0 unspecified atom stereocenters. The van der Waals surface area contributed by atoms with E-state index in [2.05, 4.69) is 44.4 Å². The van der Waals surface area contributed by atoms with E-state index in [1.807, 2.05) is 0 Å². The summed E-state index contributed by atoms with van der Waals surface area (Å²) in [6.07, 6.45) is 3.42. The van der Waals surface area contributed by atoms with E-state index in [1.54, 1.807) is 30.5 Å². The molecule has 0 bridgehead atoms. The lowest BCUT2D eigenvalue weighted by atomic mass is 10.0. The highest BCUT2D eigenvalue weighted by Gasteiger charge is 2.21. The van der Waals surface area contributed by atoms with Crippen molar-refractivity contribution in [1.29, 1.82) is 0 Å². The normalized spacial score (nSPS) is 17.7. The summed E-state index contributed by atoms with van der Waals surface area (Å²) in [5.74, 6) is -0.411. The highest BCUT2D eigenvalue weighted by atomic mass is 19.1. The molecule has 5 rings (SSSR count). The molecule has 2 aliphatic heterocycles.